The fraction of sp³-hybridized carbons (Fsp3) is 0.562. The van der Waals surface area contributed by atoms with E-state index in [1.807, 2.05) is 0 Å². The molecular formula is C16H22BrClN2O. The quantitative estimate of drug-likeness (QED) is 0.862. The summed E-state index contributed by atoms with van der Waals surface area (Å²) in [7, 11) is 4.21. The Bertz CT molecular complexity index is 513. The van der Waals surface area contributed by atoms with E-state index in [2.05, 4.69) is 40.2 Å². The molecule has 5 heteroatoms. The lowest BCUT2D eigenvalue weighted by molar-refractivity contribution is 0.0799. The van der Waals surface area contributed by atoms with Crippen molar-refractivity contribution in [3.63, 3.8) is 0 Å². The normalized spacial score (nSPS) is 17.8. The summed E-state index contributed by atoms with van der Waals surface area (Å²) in [6.45, 7) is 0.687. The highest BCUT2D eigenvalue weighted by Crippen LogP contribution is 2.31. The predicted octanol–water partition coefficient (Wildman–Crippen LogP) is 4.10. The minimum absolute atomic E-state index is 0.0591. The van der Waals surface area contributed by atoms with E-state index >= 15 is 0 Å². The van der Waals surface area contributed by atoms with E-state index in [9.17, 15) is 4.79 Å². The van der Waals surface area contributed by atoms with Crippen LogP contribution in [0.25, 0.3) is 0 Å². The summed E-state index contributed by atoms with van der Waals surface area (Å²) in [4.78, 5) is 14.6. The van der Waals surface area contributed by atoms with Gasteiger partial charge in [-0.2, -0.15) is 0 Å². The molecule has 1 aromatic rings. The van der Waals surface area contributed by atoms with E-state index < -0.39 is 0 Å². The van der Waals surface area contributed by atoms with Crippen LogP contribution in [0.15, 0.2) is 22.7 Å². The molecule has 1 saturated carbocycles. The average molecular weight is 374 g/mol. The van der Waals surface area contributed by atoms with Crippen molar-refractivity contribution in [3.05, 3.63) is 33.3 Å². The summed E-state index contributed by atoms with van der Waals surface area (Å²) in [6, 6.07) is 5.29. The average Bonchev–Trinajstić information content (AvgIpc) is 2.48. The molecule has 0 atom stereocenters. The number of carbonyl (C=O) groups excluding carboxylic acids is 1. The zero-order chi connectivity index (χ0) is 15.5. The molecule has 0 spiro atoms. The van der Waals surface area contributed by atoms with Gasteiger partial charge in [0.2, 0.25) is 0 Å². The summed E-state index contributed by atoms with van der Waals surface area (Å²) in [5.41, 5.74) is 0.695. The molecule has 21 heavy (non-hydrogen) atoms. The van der Waals surface area contributed by atoms with Gasteiger partial charge in [0.25, 0.3) is 5.91 Å². The van der Waals surface area contributed by atoms with Crippen molar-refractivity contribution < 1.29 is 4.79 Å². The summed E-state index contributed by atoms with van der Waals surface area (Å²) in [5, 5.41) is 3.64. The van der Waals surface area contributed by atoms with Gasteiger partial charge in [-0.1, -0.05) is 30.9 Å². The van der Waals surface area contributed by atoms with Gasteiger partial charge in [0, 0.05) is 22.1 Å². The summed E-state index contributed by atoms with van der Waals surface area (Å²) >= 11 is 9.39. The van der Waals surface area contributed by atoms with Gasteiger partial charge < -0.3 is 10.2 Å². The van der Waals surface area contributed by atoms with Crippen molar-refractivity contribution in [1.29, 1.82) is 0 Å². The Balaban J connectivity index is 2.03. The molecule has 3 nitrogen and oxygen atoms in total. The number of rotatable bonds is 4. The molecule has 2 rings (SSSR count). The standard InChI is InChI=1S/C16H22BrClN2O/c1-20(2)16(8-4-3-5-9-16)11-19-15(21)12-6-7-13(17)14(18)10-12/h6-7,10H,3-5,8-9,11H2,1-2H3,(H,19,21). The second-order valence-corrected chi connectivity index (χ2v) is 7.25. The number of hydrogen-bond donors (Lipinski definition) is 1. The fourth-order valence-corrected chi connectivity index (χ4v) is 3.40. The number of nitrogens with one attached hydrogen (secondary N) is 1. The van der Waals surface area contributed by atoms with Crippen LogP contribution in [0.2, 0.25) is 5.02 Å². The highest BCUT2D eigenvalue weighted by Gasteiger charge is 2.34. The molecule has 0 aliphatic heterocycles. The van der Waals surface area contributed by atoms with Crippen molar-refractivity contribution in [1.82, 2.24) is 10.2 Å². The number of halogens is 2. The summed E-state index contributed by atoms with van der Waals surface area (Å²) in [6.07, 6.45) is 6.05. The predicted molar refractivity (Wildman–Crippen MR) is 91.0 cm³/mol. The van der Waals surface area contributed by atoms with Crippen molar-refractivity contribution in [2.24, 2.45) is 0 Å². The second-order valence-electron chi connectivity index (χ2n) is 5.99. The van der Waals surface area contributed by atoms with Gasteiger partial charge in [0.05, 0.1) is 5.02 Å². The minimum Gasteiger partial charge on any atom is -0.350 e. The summed E-state index contributed by atoms with van der Waals surface area (Å²) < 4.78 is 0.803. The lowest BCUT2D eigenvalue weighted by Crippen LogP contribution is -2.53. The van der Waals surface area contributed by atoms with Gasteiger partial charge in [-0.05, 0) is 61.1 Å². The van der Waals surface area contributed by atoms with E-state index in [0.717, 1.165) is 17.3 Å². The molecule has 1 amide bonds. The molecule has 1 aliphatic carbocycles. The maximum absolute atomic E-state index is 12.3. The maximum Gasteiger partial charge on any atom is 0.251 e. The number of likely N-dealkylation sites (N-methyl/N-ethyl adjacent to an activating group) is 1. The molecule has 1 aromatic carbocycles. The third-order valence-electron chi connectivity index (χ3n) is 4.49. The molecule has 1 aliphatic rings. The highest BCUT2D eigenvalue weighted by atomic mass is 79.9. The Hall–Kier alpha value is -0.580. The van der Waals surface area contributed by atoms with Gasteiger partial charge in [-0.15, -0.1) is 0 Å². The third kappa shape index (κ3) is 3.99. The maximum atomic E-state index is 12.3. The lowest BCUT2D eigenvalue weighted by Gasteiger charge is -2.43. The topological polar surface area (TPSA) is 32.3 Å². The van der Waals surface area contributed by atoms with Crippen molar-refractivity contribution >= 4 is 33.4 Å². The fourth-order valence-electron chi connectivity index (χ4n) is 2.98. The Morgan fingerprint density at radius 1 is 1.33 bits per heavy atom. The highest BCUT2D eigenvalue weighted by molar-refractivity contribution is 9.10. The summed E-state index contributed by atoms with van der Waals surface area (Å²) in [5.74, 6) is -0.0591. The van der Waals surface area contributed by atoms with Crippen LogP contribution in [0.1, 0.15) is 42.5 Å². The smallest absolute Gasteiger partial charge is 0.251 e. The Kier molecular flexibility index (Phi) is 5.69. The van der Waals surface area contributed by atoms with E-state index in [1.54, 1.807) is 18.2 Å². The first-order valence-corrected chi connectivity index (χ1v) is 8.52. The molecular weight excluding hydrogens is 352 g/mol. The van der Waals surface area contributed by atoms with E-state index in [4.69, 9.17) is 11.6 Å². The molecule has 0 saturated heterocycles. The molecule has 0 radical (unpaired) electrons. The molecule has 1 fully saturated rings. The van der Waals surface area contributed by atoms with E-state index in [-0.39, 0.29) is 11.4 Å². The first-order chi connectivity index (χ1) is 9.94. The minimum atomic E-state index is -0.0591. The monoisotopic (exact) mass is 372 g/mol. The molecule has 0 heterocycles. The largest absolute Gasteiger partial charge is 0.350 e. The first kappa shape index (κ1) is 16.8. The molecule has 116 valence electrons. The zero-order valence-electron chi connectivity index (χ0n) is 12.6. The Labute approximate surface area is 140 Å². The first-order valence-electron chi connectivity index (χ1n) is 7.35. The van der Waals surface area contributed by atoms with Crippen LogP contribution in [0.4, 0.5) is 0 Å². The van der Waals surface area contributed by atoms with Gasteiger partial charge in [0.15, 0.2) is 0 Å². The second kappa shape index (κ2) is 7.12. The third-order valence-corrected chi connectivity index (χ3v) is 5.73. The van der Waals surface area contributed by atoms with Crippen LogP contribution in [-0.2, 0) is 0 Å². The van der Waals surface area contributed by atoms with Crippen LogP contribution in [0, 0.1) is 0 Å². The molecule has 0 unspecified atom stereocenters. The molecule has 1 N–H and O–H groups in total. The van der Waals surface area contributed by atoms with Gasteiger partial charge in [-0.3, -0.25) is 4.79 Å². The Morgan fingerprint density at radius 2 is 2.00 bits per heavy atom. The number of benzene rings is 1. The lowest BCUT2D eigenvalue weighted by atomic mass is 9.80. The van der Waals surface area contributed by atoms with Crippen molar-refractivity contribution in [3.8, 4) is 0 Å². The number of nitrogens with zero attached hydrogens (tertiary/aromatic N) is 1. The molecule has 0 aromatic heterocycles. The molecule has 0 bridgehead atoms. The zero-order valence-corrected chi connectivity index (χ0v) is 14.9. The van der Waals surface area contributed by atoms with Crippen LogP contribution < -0.4 is 5.32 Å². The number of amides is 1. The number of carbonyl (C=O) groups is 1. The van der Waals surface area contributed by atoms with Gasteiger partial charge in [0.1, 0.15) is 0 Å². The van der Waals surface area contributed by atoms with Crippen LogP contribution in [0.3, 0.4) is 0 Å². The van der Waals surface area contributed by atoms with E-state index in [1.165, 1.54) is 19.3 Å². The van der Waals surface area contributed by atoms with Crippen LogP contribution in [-0.4, -0.2) is 37.0 Å². The van der Waals surface area contributed by atoms with Gasteiger partial charge in [-0.25, -0.2) is 0 Å². The van der Waals surface area contributed by atoms with E-state index in [0.29, 0.717) is 17.1 Å². The van der Waals surface area contributed by atoms with Crippen LogP contribution in [0.5, 0.6) is 0 Å². The Morgan fingerprint density at radius 3 is 2.57 bits per heavy atom. The van der Waals surface area contributed by atoms with Gasteiger partial charge >= 0.3 is 0 Å². The van der Waals surface area contributed by atoms with Crippen LogP contribution >= 0.6 is 27.5 Å². The number of hydrogen-bond acceptors (Lipinski definition) is 2. The van der Waals surface area contributed by atoms with Crippen molar-refractivity contribution in [2.45, 2.75) is 37.6 Å². The SMILES string of the molecule is CN(C)C1(CNC(=O)c2ccc(Br)c(Cl)c2)CCCCC1. The van der Waals surface area contributed by atoms with Crippen molar-refractivity contribution in [2.75, 3.05) is 20.6 Å².